The minimum atomic E-state index is 0.258. The minimum Gasteiger partial charge on any atom is -0.372 e. The first-order valence-electron chi connectivity index (χ1n) is 7.19. The van der Waals surface area contributed by atoms with Gasteiger partial charge in [-0.05, 0) is 51.8 Å². The van der Waals surface area contributed by atoms with Crippen LogP contribution in [0.15, 0.2) is 12.1 Å². The zero-order valence-corrected chi connectivity index (χ0v) is 12.6. The molecule has 0 spiro atoms. The largest absolute Gasteiger partial charge is 0.372 e. The Balaban J connectivity index is 2.25. The first kappa shape index (κ1) is 14.4. The zero-order chi connectivity index (χ0) is 14.0. The molecule has 0 bridgehead atoms. The van der Waals surface area contributed by atoms with Crippen LogP contribution in [-0.4, -0.2) is 31.8 Å². The Kier molecular flexibility index (Phi) is 4.48. The van der Waals surface area contributed by atoms with Gasteiger partial charge in [-0.3, -0.25) is 0 Å². The van der Waals surface area contributed by atoms with Crippen LogP contribution in [0.5, 0.6) is 0 Å². The number of hydrogen-bond acceptors (Lipinski definition) is 3. The number of hydrogen-bond donors (Lipinski definition) is 1. The van der Waals surface area contributed by atoms with Crippen LogP contribution in [0.2, 0.25) is 0 Å². The molecule has 0 saturated carbocycles. The van der Waals surface area contributed by atoms with Crippen LogP contribution in [0.4, 0.5) is 5.69 Å². The monoisotopic (exact) mass is 262 g/mol. The van der Waals surface area contributed by atoms with E-state index in [-0.39, 0.29) is 12.2 Å². The Hall–Kier alpha value is -1.06. The molecule has 2 N–H and O–H groups in total. The molecule has 1 aliphatic heterocycles. The molecule has 0 radical (unpaired) electrons. The second-order valence-electron chi connectivity index (χ2n) is 5.80. The van der Waals surface area contributed by atoms with Crippen LogP contribution < -0.4 is 10.6 Å². The van der Waals surface area contributed by atoms with Crippen molar-refractivity contribution < 1.29 is 4.74 Å². The van der Waals surface area contributed by atoms with E-state index in [1.54, 1.807) is 0 Å². The number of aryl methyl sites for hydroxylation is 3. The van der Waals surface area contributed by atoms with Crippen LogP contribution in [0.3, 0.4) is 0 Å². The van der Waals surface area contributed by atoms with Crippen molar-refractivity contribution in [3.05, 3.63) is 28.8 Å². The SMILES string of the molecule is Cc1cc(C)c(N2CC(C)OC(CCN)C2)c(C)c1. The molecule has 1 saturated heterocycles. The number of rotatable bonds is 3. The number of anilines is 1. The fourth-order valence-corrected chi connectivity index (χ4v) is 3.24. The lowest BCUT2D eigenvalue weighted by molar-refractivity contribution is -0.0184. The number of morpholine rings is 1. The van der Waals surface area contributed by atoms with Crippen molar-refractivity contribution in [2.24, 2.45) is 5.73 Å². The van der Waals surface area contributed by atoms with E-state index in [0.717, 1.165) is 19.5 Å². The van der Waals surface area contributed by atoms with Crippen molar-refractivity contribution in [3.63, 3.8) is 0 Å². The van der Waals surface area contributed by atoms with Crippen LogP contribution in [-0.2, 0) is 4.74 Å². The third kappa shape index (κ3) is 3.28. The minimum absolute atomic E-state index is 0.258. The Morgan fingerprint density at radius 2 is 1.84 bits per heavy atom. The van der Waals surface area contributed by atoms with Crippen LogP contribution >= 0.6 is 0 Å². The van der Waals surface area contributed by atoms with E-state index in [9.17, 15) is 0 Å². The highest BCUT2D eigenvalue weighted by molar-refractivity contribution is 5.60. The molecule has 1 aromatic carbocycles. The molecular weight excluding hydrogens is 236 g/mol. The fraction of sp³-hybridized carbons (Fsp3) is 0.625. The summed E-state index contributed by atoms with van der Waals surface area (Å²) < 4.78 is 5.96. The standard InChI is InChI=1S/C16H26N2O/c1-11-7-12(2)16(13(3)8-11)18-9-14(4)19-15(10-18)5-6-17/h7-8,14-15H,5-6,9-10,17H2,1-4H3. The summed E-state index contributed by atoms with van der Waals surface area (Å²) in [5.41, 5.74) is 11.1. The van der Waals surface area contributed by atoms with Gasteiger partial charge in [0.2, 0.25) is 0 Å². The van der Waals surface area contributed by atoms with Gasteiger partial charge in [-0.2, -0.15) is 0 Å². The smallest absolute Gasteiger partial charge is 0.0766 e. The van der Waals surface area contributed by atoms with Crippen molar-refractivity contribution in [2.75, 3.05) is 24.5 Å². The van der Waals surface area contributed by atoms with Gasteiger partial charge in [-0.1, -0.05) is 17.7 Å². The Morgan fingerprint density at radius 3 is 2.42 bits per heavy atom. The highest BCUT2D eigenvalue weighted by atomic mass is 16.5. The fourth-order valence-electron chi connectivity index (χ4n) is 3.24. The molecule has 1 fully saturated rings. The van der Waals surface area contributed by atoms with Crippen molar-refractivity contribution >= 4 is 5.69 Å². The number of benzene rings is 1. The van der Waals surface area contributed by atoms with Gasteiger partial charge < -0.3 is 15.4 Å². The van der Waals surface area contributed by atoms with E-state index in [1.165, 1.54) is 22.4 Å². The summed E-state index contributed by atoms with van der Waals surface area (Å²) >= 11 is 0. The lowest BCUT2D eigenvalue weighted by atomic mass is 10.0. The molecule has 3 nitrogen and oxygen atoms in total. The predicted molar refractivity (Wildman–Crippen MR) is 80.9 cm³/mol. The van der Waals surface area contributed by atoms with Gasteiger partial charge in [0.25, 0.3) is 0 Å². The molecule has 0 aliphatic carbocycles. The summed E-state index contributed by atoms with van der Waals surface area (Å²) in [5, 5.41) is 0. The van der Waals surface area contributed by atoms with Gasteiger partial charge in [-0.15, -0.1) is 0 Å². The van der Waals surface area contributed by atoms with Gasteiger partial charge >= 0.3 is 0 Å². The van der Waals surface area contributed by atoms with Crippen LogP contribution in [0.1, 0.15) is 30.0 Å². The van der Waals surface area contributed by atoms with Gasteiger partial charge in [-0.25, -0.2) is 0 Å². The highest BCUT2D eigenvalue weighted by Crippen LogP contribution is 2.29. The Labute approximate surface area is 116 Å². The van der Waals surface area contributed by atoms with Crippen molar-refractivity contribution in [2.45, 2.75) is 46.3 Å². The predicted octanol–water partition coefficient (Wildman–Crippen LogP) is 2.55. The lowest BCUT2D eigenvalue weighted by Gasteiger charge is -2.39. The molecular formula is C16H26N2O. The summed E-state index contributed by atoms with van der Waals surface area (Å²) in [6, 6.07) is 4.53. The summed E-state index contributed by atoms with van der Waals surface area (Å²) in [4.78, 5) is 2.47. The summed E-state index contributed by atoms with van der Waals surface area (Å²) in [7, 11) is 0. The number of nitrogens with zero attached hydrogens (tertiary/aromatic N) is 1. The number of nitrogens with two attached hydrogens (primary N) is 1. The zero-order valence-electron chi connectivity index (χ0n) is 12.6. The first-order valence-corrected chi connectivity index (χ1v) is 7.19. The molecule has 0 amide bonds. The van der Waals surface area contributed by atoms with E-state index in [1.807, 2.05) is 0 Å². The summed E-state index contributed by atoms with van der Waals surface area (Å²) in [5.74, 6) is 0. The third-order valence-electron chi connectivity index (χ3n) is 3.77. The average molecular weight is 262 g/mol. The van der Waals surface area contributed by atoms with E-state index in [2.05, 4.69) is 44.7 Å². The van der Waals surface area contributed by atoms with Crippen molar-refractivity contribution in [1.82, 2.24) is 0 Å². The number of ether oxygens (including phenoxy) is 1. The average Bonchev–Trinajstić information content (AvgIpc) is 2.26. The molecule has 0 aromatic heterocycles. The molecule has 2 unspecified atom stereocenters. The maximum atomic E-state index is 5.96. The van der Waals surface area contributed by atoms with Gasteiger partial charge in [0, 0.05) is 18.8 Å². The van der Waals surface area contributed by atoms with Crippen molar-refractivity contribution in [3.8, 4) is 0 Å². The second-order valence-corrected chi connectivity index (χ2v) is 5.80. The molecule has 1 aliphatic rings. The van der Waals surface area contributed by atoms with E-state index >= 15 is 0 Å². The second kappa shape index (κ2) is 5.93. The van der Waals surface area contributed by atoms with E-state index in [4.69, 9.17) is 10.5 Å². The van der Waals surface area contributed by atoms with Crippen LogP contribution in [0.25, 0.3) is 0 Å². The van der Waals surface area contributed by atoms with Crippen LogP contribution in [0, 0.1) is 20.8 Å². The van der Waals surface area contributed by atoms with E-state index in [0.29, 0.717) is 6.54 Å². The third-order valence-corrected chi connectivity index (χ3v) is 3.77. The normalized spacial score (nSPS) is 23.7. The molecule has 1 heterocycles. The molecule has 19 heavy (non-hydrogen) atoms. The Morgan fingerprint density at radius 1 is 1.21 bits per heavy atom. The molecule has 106 valence electrons. The molecule has 2 rings (SSSR count). The summed E-state index contributed by atoms with van der Waals surface area (Å²) in [6.45, 7) is 11.3. The summed E-state index contributed by atoms with van der Waals surface area (Å²) in [6.07, 6.45) is 1.46. The lowest BCUT2D eigenvalue weighted by Crippen LogP contribution is -2.47. The van der Waals surface area contributed by atoms with Gasteiger partial charge in [0.15, 0.2) is 0 Å². The molecule has 2 atom stereocenters. The quantitative estimate of drug-likeness (QED) is 0.910. The van der Waals surface area contributed by atoms with E-state index < -0.39 is 0 Å². The van der Waals surface area contributed by atoms with Gasteiger partial charge in [0.1, 0.15) is 0 Å². The van der Waals surface area contributed by atoms with Gasteiger partial charge in [0.05, 0.1) is 12.2 Å². The molecule has 3 heteroatoms. The highest BCUT2D eigenvalue weighted by Gasteiger charge is 2.26. The van der Waals surface area contributed by atoms with Crippen molar-refractivity contribution in [1.29, 1.82) is 0 Å². The maximum Gasteiger partial charge on any atom is 0.0766 e. The first-order chi connectivity index (χ1) is 9.01. The molecule has 1 aromatic rings. The Bertz CT molecular complexity index is 421. The maximum absolute atomic E-state index is 5.96. The topological polar surface area (TPSA) is 38.5 Å².